The maximum absolute atomic E-state index is 13.8. The molecule has 0 aliphatic carbocycles. The van der Waals surface area contributed by atoms with Crippen molar-refractivity contribution >= 4 is 22.9 Å². The lowest BCUT2D eigenvalue weighted by Crippen LogP contribution is -2.39. The first-order valence-corrected chi connectivity index (χ1v) is 10.9. The standard InChI is InChI=1S/C24H24N8O2/c1-5-6-16-15(4)28-23-20(29-16)19(24(34)30-9-10-31-18(11-30)26-12-27-31)22(25)32(23)21-13(2)7-8-17(33)14(21)3/h7-8,12,33H,9-11,25H2,1-4H3. The summed E-state index contributed by atoms with van der Waals surface area (Å²) in [5, 5.41) is 14.6. The smallest absolute Gasteiger partial charge is 0.260 e. The maximum atomic E-state index is 13.8. The van der Waals surface area contributed by atoms with Crippen molar-refractivity contribution in [2.45, 2.75) is 40.8 Å². The van der Waals surface area contributed by atoms with Crippen molar-refractivity contribution in [3.8, 4) is 23.3 Å². The van der Waals surface area contributed by atoms with Crippen LogP contribution in [0.4, 0.5) is 5.82 Å². The molecule has 1 aliphatic rings. The van der Waals surface area contributed by atoms with Crippen LogP contribution in [0.3, 0.4) is 0 Å². The summed E-state index contributed by atoms with van der Waals surface area (Å²) in [5.74, 6) is 6.60. The fourth-order valence-electron chi connectivity index (χ4n) is 4.42. The lowest BCUT2D eigenvalue weighted by Gasteiger charge is -2.26. The summed E-state index contributed by atoms with van der Waals surface area (Å²) < 4.78 is 3.50. The van der Waals surface area contributed by atoms with Crippen molar-refractivity contribution < 1.29 is 9.90 Å². The summed E-state index contributed by atoms with van der Waals surface area (Å²) >= 11 is 0. The molecule has 1 amide bonds. The van der Waals surface area contributed by atoms with Crippen LogP contribution in [0.25, 0.3) is 16.9 Å². The van der Waals surface area contributed by atoms with Crippen LogP contribution >= 0.6 is 0 Å². The number of nitrogen functional groups attached to an aromatic ring is 1. The fourth-order valence-corrected chi connectivity index (χ4v) is 4.42. The van der Waals surface area contributed by atoms with E-state index in [9.17, 15) is 9.90 Å². The van der Waals surface area contributed by atoms with Crippen LogP contribution in [-0.4, -0.2) is 51.8 Å². The van der Waals surface area contributed by atoms with Gasteiger partial charge in [0.25, 0.3) is 5.91 Å². The summed E-state index contributed by atoms with van der Waals surface area (Å²) in [6, 6.07) is 3.44. The van der Waals surface area contributed by atoms with Gasteiger partial charge in [0.05, 0.1) is 24.5 Å². The van der Waals surface area contributed by atoms with Gasteiger partial charge in [-0.25, -0.2) is 19.6 Å². The number of aromatic nitrogens is 6. The topological polar surface area (TPSA) is 128 Å². The minimum atomic E-state index is -0.264. The zero-order valence-corrected chi connectivity index (χ0v) is 19.4. The normalized spacial score (nSPS) is 13.0. The fraction of sp³-hybridized carbons (Fsp3) is 0.292. The number of amides is 1. The molecular weight excluding hydrogens is 432 g/mol. The summed E-state index contributed by atoms with van der Waals surface area (Å²) in [6.45, 7) is 8.59. The number of carbonyl (C=O) groups excluding carboxylic acids is 1. The molecule has 3 aromatic heterocycles. The monoisotopic (exact) mass is 456 g/mol. The average Bonchev–Trinajstić information content (AvgIpc) is 3.39. The average molecular weight is 457 g/mol. The second-order valence-corrected chi connectivity index (χ2v) is 8.30. The molecule has 0 saturated carbocycles. The first-order valence-electron chi connectivity index (χ1n) is 10.9. The Labute approximate surface area is 196 Å². The van der Waals surface area contributed by atoms with E-state index in [1.807, 2.05) is 13.8 Å². The third-order valence-electron chi connectivity index (χ3n) is 6.18. The number of rotatable bonds is 2. The molecule has 1 aliphatic heterocycles. The minimum Gasteiger partial charge on any atom is -0.508 e. The van der Waals surface area contributed by atoms with Crippen molar-refractivity contribution in [3.05, 3.63) is 52.4 Å². The van der Waals surface area contributed by atoms with E-state index >= 15 is 0 Å². The van der Waals surface area contributed by atoms with E-state index in [1.165, 1.54) is 6.33 Å². The summed E-state index contributed by atoms with van der Waals surface area (Å²) in [4.78, 5) is 29.2. The van der Waals surface area contributed by atoms with Crippen molar-refractivity contribution in [2.24, 2.45) is 0 Å². The van der Waals surface area contributed by atoms with Gasteiger partial charge in [-0.15, -0.1) is 0 Å². The van der Waals surface area contributed by atoms with Gasteiger partial charge in [0.15, 0.2) is 5.65 Å². The van der Waals surface area contributed by atoms with Gasteiger partial charge < -0.3 is 15.7 Å². The van der Waals surface area contributed by atoms with Crippen LogP contribution in [0.15, 0.2) is 18.5 Å². The van der Waals surface area contributed by atoms with E-state index in [4.69, 9.17) is 15.7 Å². The highest BCUT2D eigenvalue weighted by Gasteiger charge is 2.31. The number of benzene rings is 1. The van der Waals surface area contributed by atoms with E-state index < -0.39 is 0 Å². The Morgan fingerprint density at radius 2 is 1.97 bits per heavy atom. The zero-order chi connectivity index (χ0) is 24.1. The molecule has 172 valence electrons. The third-order valence-corrected chi connectivity index (χ3v) is 6.18. The number of carbonyl (C=O) groups is 1. The maximum Gasteiger partial charge on any atom is 0.260 e. The van der Waals surface area contributed by atoms with Gasteiger partial charge in [0.2, 0.25) is 0 Å². The molecule has 34 heavy (non-hydrogen) atoms. The molecule has 0 spiro atoms. The molecule has 4 heterocycles. The number of hydrogen-bond acceptors (Lipinski definition) is 7. The Kier molecular flexibility index (Phi) is 4.97. The molecule has 0 saturated heterocycles. The van der Waals surface area contributed by atoms with Crippen LogP contribution in [0, 0.1) is 32.6 Å². The Bertz CT molecular complexity index is 1540. The highest BCUT2D eigenvalue weighted by atomic mass is 16.3. The molecule has 0 fully saturated rings. The number of aryl methyl sites for hydroxylation is 2. The second-order valence-electron chi connectivity index (χ2n) is 8.30. The van der Waals surface area contributed by atoms with Crippen LogP contribution in [0.2, 0.25) is 0 Å². The van der Waals surface area contributed by atoms with Crippen LogP contribution < -0.4 is 5.73 Å². The van der Waals surface area contributed by atoms with Crippen LogP contribution in [-0.2, 0) is 13.1 Å². The molecule has 3 N–H and O–H groups in total. The van der Waals surface area contributed by atoms with Gasteiger partial charge in [-0.3, -0.25) is 9.36 Å². The summed E-state index contributed by atoms with van der Waals surface area (Å²) in [7, 11) is 0. The lowest BCUT2D eigenvalue weighted by molar-refractivity contribution is 0.0705. The number of phenolic OH excluding ortho intramolecular Hbond substituents is 1. The van der Waals surface area contributed by atoms with Crippen LogP contribution in [0.1, 0.15) is 45.6 Å². The number of hydrogen-bond donors (Lipinski definition) is 2. The molecule has 0 bridgehead atoms. The highest BCUT2D eigenvalue weighted by molar-refractivity contribution is 6.10. The predicted molar refractivity (Wildman–Crippen MR) is 126 cm³/mol. The number of phenols is 1. The Morgan fingerprint density at radius 3 is 2.74 bits per heavy atom. The molecule has 0 unspecified atom stereocenters. The number of nitrogens with zero attached hydrogens (tertiary/aromatic N) is 7. The summed E-state index contributed by atoms with van der Waals surface area (Å²) in [5.41, 5.74) is 11.0. The van der Waals surface area contributed by atoms with Gasteiger partial charge >= 0.3 is 0 Å². The largest absolute Gasteiger partial charge is 0.508 e. The van der Waals surface area contributed by atoms with E-state index in [0.717, 1.165) is 5.56 Å². The van der Waals surface area contributed by atoms with Crippen molar-refractivity contribution in [2.75, 3.05) is 12.3 Å². The van der Waals surface area contributed by atoms with E-state index in [0.29, 0.717) is 59.3 Å². The predicted octanol–water partition coefficient (Wildman–Crippen LogP) is 2.25. The molecule has 0 radical (unpaired) electrons. The van der Waals surface area contributed by atoms with Crippen LogP contribution in [0.5, 0.6) is 5.75 Å². The molecule has 1 aromatic carbocycles. The number of anilines is 1. The van der Waals surface area contributed by atoms with Gasteiger partial charge in [0.1, 0.15) is 40.5 Å². The SMILES string of the molecule is CC#Cc1nc2c(C(=O)N3CCn4ncnc4C3)c(N)n(-c3c(C)ccc(O)c3C)c2nc1C. The number of aromatic hydroxyl groups is 1. The first kappa shape index (κ1) is 21.5. The van der Waals surface area contributed by atoms with Crippen molar-refractivity contribution in [1.82, 2.24) is 34.2 Å². The van der Waals surface area contributed by atoms with E-state index in [1.54, 1.807) is 40.1 Å². The van der Waals surface area contributed by atoms with Gasteiger partial charge in [-0.05, 0) is 45.2 Å². The second kappa shape index (κ2) is 7.88. The molecule has 10 nitrogen and oxygen atoms in total. The molecule has 10 heteroatoms. The Hall–Kier alpha value is -4.39. The Balaban J connectivity index is 1.77. The number of fused-ring (bicyclic) bond motifs is 2. The van der Waals surface area contributed by atoms with Crippen molar-refractivity contribution in [3.63, 3.8) is 0 Å². The lowest BCUT2D eigenvalue weighted by atomic mass is 10.1. The van der Waals surface area contributed by atoms with Crippen molar-refractivity contribution in [1.29, 1.82) is 0 Å². The number of nitrogens with two attached hydrogens (primary N) is 1. The molecule has 0 atom stereocenters. The van der Waals surface area contributed by atoms with Gasteiger partial charge in [0, 0.05) is 12.1 Å². The molecule has 5 rings (SSSR count). The van der Waals surface area contributed by atoms with E-state index in [-0.39, 0.29) is 23.0 Å². The minimum absolute atomic E-state index is 0.128. The highest BCUT2D eigenvalue weighted by Crippen LogP contribution is 2.36. The molecule has 4 aromatic rings. The summed E-state index contributed by atoms with van der Waals surface area (Å²) in [6.07, 6.45) is 1.49. The van der Waals surface area contributed by atoms with Gasteiger partial charge in [-0.1, -0.05) is 12.0 Å². The quantitative estimate of drug-likeness (QED) is 0.443. The first-order chi connectivity index (χ1) is 16.3. The Morgan fingerprint density at radius 1 is 1.18 bits per heavy atom. The van der Waals surface area contributed by atoms with Gasteiger partial charge in [-0.2, -0.15) is 5.10 Å². The zero-order valence-electron chi connectivity index (χ0n) is 19.4. The molecular formula is C24H24N8O2. The van der Waals surface area contributed by atoms with E-state index in [2.05, 4.69) is 21.9 Å². The third kappa shape index (κ3) is 3.16.